The molecule has 1 aliphatic heterocycles. The Hall–Kier alpha value is -1.42. The van der Waals surface area contributed by atoms with Gasteiger partial charge < -0.3 is 25.2 Å². The summed E-state index contributed by atoms with van der Waals surface area (Å²) < 4.78 is 5.29. The van der Waals surface area contributed by atoms with E-state index < -0.39 is 37.1 Å². The maximum absolute atomic E-state index is 9.82. The van der Waals surface area contributed by atoms with Crippen LogP contribution in [0.4, 0.5) is 0 Å². The van der Waals surface area contributed by atoms with E-state index in [4.69, 9.17) is 9.84 Å². The molecule has 5 atom stereocenters. The van der Waals surface area contributed by atoms with Crippen molar-refractivity contribution in [1.29, 1.82) is 0 Å². The zero-order valence-corrected chi connectivity index (χ0v) is 11.1. The normalized spacial score (nSPS) is 33.4. The minimum atomic E-state index is -1.39. The first-order chi connectivity index (χ1) is 9.52. The third kappa shape index (κ3) is 3.18. The Kier molecular flexibility index (Phi) is 4.76. The van der Waals surface area contributed by atoms with Crippen molar-refractivity contribution in [2.45, 2.75) is 37.4 Å². The lowest BCUT2D eigenvalue weighted by Gasteiger charge is -2.37. The van der Waals surface area contributed by atoms with Gasteiger partial charge in [0, 0.05) is 5.56 Å². The molecule has 0 amide bonds. The van der Waals surface area contributed by atoms with E-state index in [1.54, 1.807) is 0 Å². The molecule has 1 aromatic rings. The lowest BCUT2D eigenvalue weighted by atomic mass is 9.95. The van der Waals surface area contributed by atoms with E-state index in [0.717, 1.165) is 11.1 Å². The lowest BCUT2D eigenvalue weighted by Crippen LogP contribution is -2.58. The first-order valence-electron chi connectivity index (χ1n) is 6.41. The summed E-state index contributed by atoms with van der Waals surface area (Å²) in [6, 6.07) is 7.51. The van der Waals surface area contributed by atoms with Crippen LogP contribution in [0, 0.1) is 18.8 Å². The Morgan fingerprint density at radius 1 is 1.05 bits per heavy atom. The molecule has 0 bridgehead atoms. The molecule has 0 aromatic heterocycles. The maximum atomic E-state index is 9.82. The predicted octanol–water partition coefficient (Wildman–Crippen LogP) is -0.811. The van der Waals surface area contributed by atoms with Crippen molar-refractivity contribution in [2.75, 3.05) is 6.61 Å². The van der Waals surface area contributed by atoms with Gasteiger partial charge in [-0.05, 0) is 19.1 Å². The summed E-state index contributed by atoms with van der Waals surface area (Å²) in [6.07, 6.45) is -5.94. The fraction of sp³-hybridized carbons (Fsp3) is 0.467. The molecule has 4 N–H and O–H groups in total. The number of aliphatic hydroxyl groups is 4. The molecule has 1 aromatic carbocycles. The fourth-order valence-electron chi connectivity index (χ4n) is 2.01. The highest BCUT2D eigenvalue weighted by Crippen LogP contribution is 2.20. The van der Waals surface area contributed by atoms with Crippen LogP contribution in [0.3, 0.4) is 0 Å². The van der Waals surface area contributed by atoms with Gasteiger partial charge in [0.15, 0.2) is 0 Å². The summed E-state index contributed by atoms with van der Waals surface area (Å²) in [5, 5.41) is 38.2. The van der Waals surface area contributed by atoms with Gasteiger partial charge in [-0.15, -0.1) is 0 Å². The third-order valence-electron chi connectivity index (χ3n) is 3.30. The number of hydrogen-bond donors (Lipinski definition) is 4. The second-order valence-corrected chi connectivity index (χ2v) is 4.88. The van der Waals surface area contributed by atoms with Crippen molar-refractivity contribution in [3.8, 4) is 11.8 Å². The van der Waals surface area contributed by atoms with Crippen LogP contribution in [0.25, 0.3) is 0 Å². The van der Waals surface area contributed by atoms with Gasteiger partial charge in [-0.1, -0.05) is 29.5 Å². The molecule has 0 radical (unpaired) electrons. The Morgan fingerprint density at radius 2 is 1.70 bits per heavy atom. The first-order valence-corrected chi connectivity index (χ1v) is 6.41. The molecule has 5 heteroatoms. The molecule has 3 unspecified atom stereocenters. The Bertz CT molecular complexity index is 499. The summed E-state index contributed by atoms with van der Waals surface area (Å²) in [5.41, 5.74) is 1.87. The van der Waals surface area contributed by atoms with Crippen LogP contribution < -0.4 is 0 Å². The number of aryl methyl sites for hydroxylation is 1. The van der Waals surface area contributed by atoms with E-state index in [9.17, 15) is 15.3 Å². The number of benzene rings is 1. The van der Waals surface area contributed by atoms with Crippen molar-refractivity contribution >= 4 is 0 Å². The average molecular weight is 278 g/mol. The standard InChI is InChI=1S/C15H18O5/c1-9-2-4-10(5-3-9)6-7-11-13(17)15(19)14(18)12(8-16)20-11/h2-5,11-19H,8H2,1H3/t11-,12?,13?,14-,15?/m1/s1. The SMILES string of the molecule is Cc1ccc(C#C[C@H]2OC(CO)[C@@H](O)C(O)C2O)cc1. The van der Waals surface area contributed by atoms with E-state index in [1.165, 1.54) is 0 Å². The number of ether oxygens (including phenoxy) is 1. The summed E-state index contributed by atoms with van der Waals surface area (Å²) in [4.78, 5) is 0. The van der Waals surface area contributed by atoms with Gasteiger partial charge in [0.05, 0.1) is 6.61 Å². The molecule has 0 aliphatic carbocycles. The zero-order chi connectivity index (χ0) is 14.7. The van der Waals surface area contributed by atoms with Crippen LogP contribution in [0.2, 0.25) is 0 Å². The van der Waals surface area contributed by atoms with Crippen LogP contribution in [0.1, 0.15) is 11.1 Å². The monoisotopic (exact) mass is 278 g/mol. The molecular weight excluding hydrogens is 260 g/mol. The summed E-state index contributed by atoms with van der Waals surface area (Å²) in [7, 11) is 0. The second-order valence-electron chi connectivity index (χ2n) is 4.88. The molecule has 108 valence electrons. The quantitative estimate of drug-likeness (QED) is 0.504. The predicted molar refractivity (Wildman–Crippen MR) is 71.8 cm³/mol. The van der Waals surface area contributed by atoms with Crippen LogP contribution in [0.15, 0.2) is 24.3 Å². The summed E-state index contributed by atoms with van der Waals surface area (Å²) in [5.74, 6) is 5.56. The number of rotatable bonds is 1. The van der Waals surface area contributed by atoms with Crippen LogP contribution >= 0.6 is 0 Å². The van der Waals surface area contributed by atoms with Gasteiger partial charge in [0.2, 0.25) is 0 Å². The van der Waals surface area contributed by atoms with E-state index in [1.807, 2.05) is 31.2 Å². The Morgan fingerprint density at radius 3 is 2.30 bits per heavy atom. The minimum absolute atomic E-state index is 0.451. The molecule has 0 saturated carbocycles. The van der Waals surface area contributed by atoms with Crippen molar-refractivity contribution in [2.24, 2.45) is 0 Å². The lowest BCUT2D eigenvalue weighted by molar-refractivity contribution is -0.214. The highest BCUT2D eigenvalue weighted by Gasteiger charge is 2.42. The van der Waals surface area contributed by atoms with E-state index in [2.05, 4.69) is 11.8 Å². The van der Waals surface area contributed by atoms with Crippen molar-refractivity contribution < 1.29 is 25.2 Å². The summed E-state index contributed by atoms with van der Waals surface area (Å²) >= 11 is 0. The molecule has 1 saturated heterocycles. The molecule has 1 heterocycles. The highest BCUT2D eigenvalue weighted by atomic mass is 16.5. The van der Waals surface area contributed by atoms with Gasteiger partial charge in [-0.25, -0.2) is 0 Å². The van der Waals surface area contributed by atoms with E-state index >= 15 is 0 Å². The van der Waals surface area contributed by atoms with Gasteiger partial charge in [0.25, 0.3) is 0 Å². The largest absolute Gasteiger partial charge is 0.394 e. The molecule has 0 spiro atoms. The minimum Gasteiger partial charge on any atom is -0.394 e. The third-order valence-corrected chi connectivity index (χ3v) is 3.30. The summed E-state index contributed by atoms with van der Waals surface area (Å²) in [6.45, 7) is 1.52. The van der Waals surface area contributed by atoms with Crippen LogP contribution in [0.5, 0.6) is 0 Å². The molecule has 20 heavy (non-hydrogen) atoms. The van der Waals surface area contributed by atoms with Gasteiger partial charge >= 0.3 is 0 Å². The smallest absolute Gasteiger partial charge is 0.147 e. The number of aliphatic hydroxyl groups excluding tert-OH is 4. The van der Waals surface area contributed by atoms with E-state index in [0.29, 0.717) is 0 Å². The molecule has 1 fully saturated rings. The average Bonchev–Trinajstić information content (AvgIpc) is 2.46. The fourth-order valence-corrected chi connectivity index (χ4v) is 2.01. The number of hydrogen-bond acceptors (Lipinski definition) is 5. The zero-order valence-electron chi connectivity index (χ0n) is 11.1. The van der Waals surface area contributed by atoms with Gasteiger partial charge in [-0.2, -0.15) is 0 Å². The molecular formula is C15H18O5. The maximum Gasteiger partial charge on any atom is 0.147 e. The van der Waals surface area contributed by atoms with Crippen molar-refractivity contribution in [3.05, 3.63) is 35.4 Å². The van der Waals surface area contributed by atoms with Gasteiger partial charge in [0.1, 0.15) is 30.5 Å². The van der Waals surface area contributed by atoms with Crippen LogP contribution in [-0.4, -0.2) is 57.6 Å². The highest BCUT2D eigenvalue weighted by molar-refractivity contribution is 5.37. The second kappa shape index (κ2) is 6.35. The van der Waals surface area contributed by atoms with Crippen molar-refractivity contribution in [1.82, 2.24) is 0 Å². The van der Waals surface area contributed by atoms with E-state index in [-0.39, 0.29) is 0 Å². The molecule has 1 aliphatic rings. The Balaban J connectivity index is 2.14. The van der Waals surface area contributed by atoms with Crippen molar-refractivity contribution in [3.63, 3.8) is 0 Å². The molecule has 5 nitrogen and oxygen atoms in total. The Labute approximate surface area is 117 Å². The van der Waals surface area contributed by atoms with Crippen LogP contribution in [-0.2, 0) is 4.74 Å². The van der Waals surface area contributed by atoms with Gasteiger partial charge in [-0.3, -0.25) is 0 Å². The first kappa shape index (κ1) is 15.0. The topological polar surface area (TPSA) is 90.2 Å². The molecule has 2 rings (SSSR count).